The third-order valence-electron chi connectivity index (χ3n) is 4.49. The van der Waals surface area contributed by atoms with Crippen LogP contribution < -0.4 is 5.32 Å². The minimum Gasteiger partial charge on any atom is -0.329 e. The Morgan fingerprint density at radius 3 is 2.36 bits per heavy atom. The van der Waals surface area contributed by atoms with Gasteiger partial charge in [-0.25, -0.2) is 0 Å². The van der Waals surface area contributed by atoms with Gasteiger partial charge in [0.15, 0.2) is 0 Å². The van der Waals surface area contributed by atoms with Crippen molar-refractivity contribution in [2.24, 2.45) is 0 Å². The van der Waals surface area contributed by atoms with E-state index in [9.17, 15) is 9.59 Å². The third kappa shape index (κ3) is 2.38. The summed E-state index contributed by atoms with van der Waals surface area (Å²) in [6.45, 7) is 5.53. The number of nitrogens with zero attached hydrogens (tertiary/aromatic N) is 2. The van der Waals surface area contributed by atoms with E-state index in [1.165, 1.54) is 0 Å². The van der Waals surface area contributed by atoms with Crippen molar-refractivity contribution in [1.29, 1.82) is 0 Å². The first-order chi connectivity index (χ1) is 10.4. The summed E-state index contributed by atoms with van der Waals surface area (Å²) in [5.74, 6) is 0.0552. The number of carbonyl (C=O) groups is 2. The van der Waals surface area contributed by atoms with Crippen molar-refractivity contribution in [2.45, 2.75) is 32.0 Å². The summed E-state index contributed by atoms with van der Waals surface area (Å²) < 4.78 is 0. The third-order valence-corrected chi connectivity index (χ3v) is 4.75. The Labute approximate surface area is 135 Å². The van der Waals surface area contributed by atoms with Crippen LogP contribution in [0.25, 0.3) is 0 Å². The Morgan fingerprint density at radius 2 is 1.86 bits per heavy atom. The maximum Gasteiger partial charge on any atom is 0.251 e. The molecule has 0 atom stereocenters. The molecule has 3 rings (SSSR count). The molecule has 0 saturated carbocycles. The predicted octanol–water partition coefficient (Wildman–Crippen LogP) is 1.26. The molecule has 2 aliphatic rings. The van der Waals surface area contributed by atoms with Gasteiger partial charge in [-0.15, -0.1) is 0 Å². The number of nitrogens with one attached hydrogen (secondary N) is 1. The minimum absolute atomic E-state index is 0.00440. The fraction of sp³-hybridized carbons (Fsp3) is 0.500. The lowest BCUT2D eigenvalue weighted by atomic mass is 9.85. The second kappa shape index (κ2) is 5.56. The molecule has 0 aromatic heterocycles. The van der Waals surface area contributed by atoms with Gasteiger partial charge in [0.2, 0.25) is 5.91 Å². The average Bonchev–Trinajstić information content (AvgIpc) is 2.43. The van der Waals surface area contributed by atoms with Gasteiger partial charge in [-0.3, -0.25) is 9.59 Å². The predicted molar refractivity (Wildman–Crippen MR) is 84.5 cm³/mol. The van der Waals surface area contributed by atoms with Gasteiger partial charge >= 0.3 is 0 Å². The van der Waals surface area contributed by atoms with E-state index in [4.69, 9.17) is 11.6 Å². The molecule has 2 amide bonds. The van der Waals surface area contributed by atoms with Crippen LogP contribution in [0.3, 0.4) is 0 Å². The molecule has 22 heavy (non-hydrogen) atoms. The van der Waals surface area contributed by atoms with Crippen molar-refractivity contribution in [3.63, 3.8) is 0 Å². The Bertz CT molecular complexity index is 596. The van der Waals surface area contributed by atoms with Crippen LogP contribution in [0.4, 0.5) is 0 Å². The highest BCUT2D eigenvalue weighted by Crippen LogP contribution is 2.30. The average molecular weight is 322 g/mol. The first-order valence-corrected chi connectivity index (χ1v) is 7.88. The molecule has 2 saturated heterocycles. The summed E-state index contributed by atoms with van der Waals surface area (Å²) in [4.78, 5) is 28.9. The molecule has 5 nitrogen and oxygen atoms in total. The fourth-order valence-electron chi connectivity index (χ4n) is 3.06. The number of rotatable bonds is 3. The van der Waals surface area contributed by atoms with Gasteiger partial charge in [-0.1, -0.05) is 23.7 Å². The Balaban J connectivity index is 1.88. The first kappa shape index (κ1) is 15.3. The van der Waals surface area contributed by atoms with Gasteiger partial charge < -0.3 is 15.1 Å². The summed E-state index contributed by atoms with van der Waals surface area (Å²) in [7, 11) is 0. The summed E-state index contributed by atoms with van der Waals surface area (Å²) in [5, 5.41) is 3.81. The van der Waals surface area contributed by atoms with E-state index < -0.39 is 5.54 Å². The molecule has 2 fully saturated rings. The maximum atomic E-state index is 12.8. The lowest BCUT2D eigenvalue weighted by Gasteiger charge is -2.55. The molecule has 1 N–H and O–H groups in total. The zero-order valence-corrected chi connectivity index (χ0v) is 13.6. The number of amides is 2. The lowest BCUT2D eigenvalue weighted by molar-refractivity contribution is -0.171. The molecule has 0 radical (unpaired) electrons. The van der Waals surface area contributed by atoms with Gasteiger partial charge in [-0.2, -0.15) is 0 Å². The smallest absolute Gasteiger partial charge is 0.251 e. The van der Waals surface area contributed by atoms with E-state index in [1.807, 2.05) is 26.0 Å². The van der Waals surface area contributed by atoms with Crippen LogP contribution in [0, 0.1) is 0 Å². The Hall–Kier alpha value is -1.59. The van der Waals surface area contributed by atoms with Crippen molar-refractivity contribution >= 4 is 23.4 Å². The molecule has 118 valence electrons. The summed E-state index contributed by atoms with van der Waals surface area (Å²) in [6.07, 6.45) is 0. The van der Waals surface area contributed by atoms with Gasteiger partial charge in [0, 0.05) is 30.7 Å². The number of benzene rings is 1. The van der Waals surface area contributed by atoms with E-state index in [-0.39, 0.29) is 24.4 Å². The molecule has 2 aliphatic heterocycles. The highest BCUT2D eigenvalue weighted by molar-refractivity contribution is 6.30. The van der Waals surface area contributed by atoms with Gasteiger partial charge in [0.25, 0.3) is 5.91 Å². The van der Waals surface area contributed by atoms with Gasteiger partial charge in [-0.05, 0) is 31.5 Å². The molecular formula is C16H20ClN3O2. The largest absolute Gasteiger partial charge is 0.329 e. The maximum absolute atomic E-state index is 12.8. The number of piperazine rings is 1. The lowest BCUT2D eigenvalue weighted by Crippen LogP contribution is -2.80. The van der Waals surface area contributed by atoms with E-state index >= 15 is 0 Å². The fourth-order valence-corrected chi connectivity index (χ4v) is 3.18. The topological polar surface area (TPSA) is 52.7 Å². The SMILES string of the molecule is CC(C)N1CC(=O)N(Cc2ccc(Cl)cc2)C2(CNC2)C1=O. The van der Waals surface area contributed by atoms with Crippen LogP contribution in [0.15, 0.2) is 24.3 Å². The highest BCUT2D eigenvalue weighted by Gasteiger charge is 2.56. The molecular weight excluding hydrogens is 302 g/mol. The van der Waals surface area contributed by atoms with Crippen LogP contribution in [-0.2, 0) is 16.1 Å². The van der Waals surface area contributed by atoms with E-state index in [2.05, 4.69) is 5.32 Å². The van der Waals surface area contributed by atoms with Crippen molar-refractivity contribution < 1.29 is 9.59 Å². The number of hydrogen-bond donors (Lipinski definition) is 1. The summed E-state index contributed by atoms with van der Waals surface area (Å²) >= 11 is 5.90. The summed E-state index contributed by atoms with van der Waals surface area (Å²) in [5.41, 5.74) is 0.258. The monoisotopic (exact) mass is 321 g/mol. The van der Waals surface area contributed by atoms with Crippen molar-refractivity contribution in [2.75, 3.05) is 19.6 Å². The van der Waals surface area contributed by atoms with Gasteiger partial charge in [0.1, 0.15) is 12.1 Å². The molecule has 1 aromatic rings. The Morgan fingerprint density at radius 1 is 1.23 bits per heavy atom. The second-order valence-corrected chi connectivity index (χ2v) is 6.70. The molecule has 1 aromatic carbocycles. The van der Waals surface area contributed by atoms with Crippen LogP contribution in [-0.4, -0.2) is 52.8 Å². The minimum atomic E-state index is -0.723. The quantitative estimate of drug-likeness (QED) is 0.912. The van der Waals surface area contributed by atoms with E-state index in [0.29, 0.717) is 24.7 Å². The van der Waals surface area contributed by atoms with Crippen LogP contribution >= 0.6 is 11.6 Å². The number of hydrogen-bond acceptors (Lipinski definition) is 3. The van der Waals surface area contributed by atoms with Crippen molar-refractivity contribution in [3.05, 3.63) is 34.9 Å². The molecule has 2 heterocycles. The highest BCUT2D eigenvalue weighted by atomic mass is 35.5. The number of halogens is 1. The number of carbonyl (C=O) groups excluding carboxylic acids is 2. The molecule has 6 heteroatoms. The van der Waals surface area contributed by atoms with Crippen LogP contribution in [0.5, 0.6) is 0 Å². The Kier molecular flexibility index (Phi) is 3.87. The van der Waals surface area contributed by atoms with Crippen LogP contribution in [0.2, 0.25) is 5.02 Å². The van der Waals surface area contributed by atoms with E-state index in [0.717, 1.165) is 5.56 Å². The summed E-state index contributed by atoms with van der Waals surface area (Å²) in [6, 6.07) is 7.44. The zero-order valence-electron chi connectivity index (χ0n) is 12.8. The zero-order chi connectivity index (χ0) is 15.9. The normalized spacial score (nSPS) is 20.7. The molecule has 0 unspecified atom stereocenters. The van der Waals surface area contributed by atoms with Crippen molar-refractivity contribution in [3.8, 4) is 0 Å². The molecule has 1 spiro atoms. The van der Waals surface area contributed by atoms with Crippen molar-refractivity contribution in [1.82, 2.24) is 15.1 Å². The van der Waals surface area contributed by atoms with Gasteiger partial charge in [0.05, 0.1) is 0 Å². The molecule has 0 bridgehead atoms. The first-order valence-electron chi connectivity index (χ1n) is 7.51. The van der Waals surface area contributed by atoms with E-state index in [1.54, 1.807) is 21.9 Å². The van der Waals surface area contributed by atoms with Crippen LogP contribution in [0.1, 0.15) is 19.4 Å². The second-order valence-electron chi connectivity index (χ2n) is 6.27. The standard InChI is InChI=1S/C16H20ClN3O2/c1-11(2)19-8-14(21)20(16(15(19)22)9-18-10-16)7-12-3-5-13(17)6-4-12/h3-6,11,18H,7-10H2,1-2H3. The molecule has 0 aliphatic carbocycles.